The first-order valence-electron chi connectivity index (χ1n) is 5.29. The molecule has 98 valence electrons. The second-order valence-corrected chi connectivity index (χ2v) is 4.50. The predicted octanol–water partition coefficient (Wildman–Crippen LogP) is 2.99. The van der Waals surface area contributed by atoms with Gasteiger partial charge in [0.05, 0.1) is 18.3 Å². The predicted molar refractivity (Wildman–Crippen MR) is 70.2 cm³/mol. The summed E-state index contributed by atoms with van der Waals surface area (Å²) >= 11 is 3.19. The Labute approximate surface area is 114 Å². The van der Waals surface area contributed by atoms with Gasteiger partial charge in [-0.1, -0.05) is 22.0 Å². The van der Waals surface area contributed by atoms with Gasteiger partial charge in [0.2, 0.25) is 0 Å². The van der Waals surface area contributed by atoms with Crippen molar-refractivity contribution in [3.05, 3.63) is 46.7 Å². The Morgan fingerprint density at radius 1 is 1.61 bits per heavy atom. The van der Waals surface area contributed by atoms with E-state index in [1.807, 2.05) is 0 Å². The quantitative estimate of drug-likeness (QED) is 0.573. The molecule has 5 heteroatoms. The second kappa shape index (κ2) is 7.41. The number of Topliss-reactive ketones (excluding diaryl/α,β-unsaturated/α-hetero) is 1. The number of hydrogen-bond donors (Lipinski definition) is 0. The highest BCUT2D eigenvalue weighted by atomic mass is 79.9. The lowest BCUT2D eigenvalue weighted by molar-refractivity contribution is 0.0263. The smallest absolute Gasteiger partial charge is 0.191 e. The number of carbonyl (C=O) groups is 1. The van der Waals surface area contributed by atoms with Gasteiger partial charge >= 0.3 is 0 Å². The van der Waals surface area contributed by atoms with Crippen LogP contribution >= 0.6 is 15.9 Å². The van der Waals surface area contributed by atoms with Crippen molar-refractivity contribution in [2.75, 3.05) is 20.3 Å². The van der Waals surface area contributed by atoms with Crippen molar-refractivity contribution in [3.63, 3.8) is 0 Å². The topological polar surface area (TPSA) is 35.5 Å². The third-order valence-electron chi connectivity index (χ3n) is 2.25. The normalized spacial score (nSPS) is 12.2. The molecular formula is C13H14BrFO3. The van der Waals surface area contributed by atoms with Crippen LogP contribution in [0, 0.1) is 5.82 Å². The Kier molecular flexibility index (Phi) is 6.18. The summed E-state index contributed by atoms with van der Waals surface area (Å²) in [4.78, 5) is 11.8. The van der Waals surface area contributed by atoms with E-state index in [-0.39, 0.29) is 18.3 Å². The Balaban J connectivity index is 2.65. The number of rotatable bonds is 7. The van der Waals surface area contributed by atoms with E-state index in [0.717, 1.165) is 0 Å². The Morgan fingerprint density at radius 2 is 2.33 bits per heavy atom. The highest BCUT2D eigenvalue weighted by Gasteiger charge is 2.14. The fraction of sp³-hybridized carbons (Fsp3) is 0.308. The van der Waals surface area contributed by atoms with Gasteiger partial charge in [-0.3, -0.25) is 4.79 Å². The average molecular weight is 317 g/mol. The van der Waals surface area contributed by atoms with E-state index in [1.54, 1.807) is 0 Å². The Morgan fingerprint density at radius 3 is 2.94 bits per heavy atom. The van der Waals surface area contributed by atoms with Crippen LogP contribution in [0.15, 0.2) is 35.3 Å². The van der Waals surface area contributed by atoms with E-state index >= 15 is 0 Å². The number of benzene rings is 1. The number of carbonyl (C=O) groups excluding carboxylic acids is 1. The minimum Gasteiger partial charge on any atom is -0.382 e. The van der Waals surface area contributed by atoms with Crippen molar-refractivity contribution in [3.8, 4) is 0 Å². The molecule has 0 heterocycles. The molecule has 0 saturated carbocycles. The SMILES string of the molecule is C=C[C@@H](COC)OCC(=O)c1cc(Br)ccc1F. The Hall–Kier alpha value is -1.04. The van der Waals surface area contributed by atoms with Gasteiger partial charge in [0.25, 0.3) is 0 Å². The van der Waals surface area contributed by atoms with Gasteiger partial charge < -0.3 is 9.47 Å². The number of methoxy groups -OCH3 is 1. The maximum absolute atomic E-state index is 13.4. The van der Waals surface area contributed by atoms with Gasteiger partial charge in [0.15, 0.2) is 5.78 Å². The van der Waals surface area contributed by atoms with Crippen LogP contribution in [0.1, 0.15) is 10.4 Å². The summed E-state index contributed by atoms with van der Waals surface area (Å²) in [5.74, 6) is -0.981. The lowest BCUT2D eigenvalue weighted by Crippen LogP contribution is -2.21. The van der Waals surface area contributed by atoms with Gasteiger partial charge in [-0.2, -0.15) is 0 Å². The van der Waals surface area contributed by atoms with Crippen molar-refractivity contribution in [1.82, 2.24) is 0 Å². The van der Waals surface area contributed by atoms with Crippen LogP contribution in [-0.4, -0.2) is 32.2 Å². The molecule has 0 aliphatic heterocycles. The lowest BCUT2D eigenvalue weighted by atomic mass is 10.1. The summed E-state index contributed by atoms with van der Waals surface area (Å²) in [6.07, 6.45) is 1.16. The zero-order valence-electron chi connectivity index (χ0n) is 9.99. The maximum Gasteiger partial charge on any atom is 0.191 e. The van der Waals surface area contributed by atoms with Crippen LogP contribution in [0.5, 0.6) is 0 Å². The van der Waals surface area contributed by atoms with E-state index in [0.29, 0.717) is 11.1 Å². The van der Waals surface area contributed by atoms with Crippen LogP contribution in [0.25, 0.3) is 0 Å². The van der Waals surface area contributed by atoms with Crippen LogP contribution in [0.4, 0.5) is 4.39 Å². The monoisotopic (exact) mass is 316 g/mol. The minimum atomic E-state index is -0.561. The molecule has 0 saturated heterocycles. The Bertz CT molecular complexity index is 434. The molecule has 0 spiro atoms. The summed E-state index contributed by atoms with van der Waals surface area (Å²) in [5.41, 5.74) is 0.00426. The van der Waals surface area contributed by atoms with E-state index in [9.17, 15) is 9.18 Å². The van der Waals surface area contributed by atoms with Crippen molar-refractivity contribution in [1.29, 1.82) is 0 Å². The first kappa shape index (κ1) is 15.0. The molecule has 3 nitrogen and oxygen atoms in total. The standard InChI is InChI=1S/C13H14BrFO3/c1-3-10(7-17-2)18-8-13(16)11-6-9(14)4-5-12(11)15/h3-6,10H,1,7-8H2,2H3/t10-/m0/s1. The summed E-state index contributed by atoms with van der Waals surface area (Å²) in [7, 11) is 1.52. The molecule has 1 aromatic carbocycles. The van der Waals surface area contributed by atoms with Crippen LogP contribution in [-0.2, 0) is 9.47 Å². The summed E-state index contributed by atoms with van der Waals surface area (Å²) < 4.78 is 24.2. The molecule has 0 aromatic heterocycles. The van der Waals surface area contributed by atoms with E-state index in [2.05, 4.69) is 22.5 Å². The number of ketones is 1. The van der Waals surface area contributed by atoms with E-state index in [4.69, 9.17) is 9.47 Å². The maximum atomic E-state index is 13.4. The fourth-order valence-corrected chi connectivity index (χ4v) is 1.68. The van der Waals surface area contributed by atoms with E-state index in [1.165, 1.54) is 31.4 Å². The van der Waals surface area contributed by atoms with E-state index < -0.39 is 11.6 Å². The van der Waals surface area contributed by atoms with Crippen LogP contribution < -0.4 is 0 Å². The van der Waals surface area contributed by atoms with Crippen molar-refractivity contribution >= 4 is 21.7 Å². The first-order valence-corrected chi connectivity index (χ1v) is 6.09. The summed E-state index contributed by atoms with van der Waals surface area (Å²) in [5, 5.41) is 0. The van der Waals surface area contributed by atoms with Crippen LogP contribution in [0.3, 0.4) is 0 Å². The molecule has 1 aromatic rings. The zero-order chi connectivity index (χ0) is 13.5. The fourth-order valence-electron chi connectivity index (χ4n) is 1.32. The van der Waals surface area contributed by atoms with Crippen molar-refractivity contribution in [2.24, 2.45) is 0 Å². The molecule has 18 heavy (non-hydrogen) atoms. The molecule has 0 bridgehead atoms. The first-order chi connectivity index (χ1) is 8.58. The molecule has 1 atom stereocenters. The van der Waals surface area contributed by atoms with Gasteiger partial charge in [-0.15, -0.1) is 6.58 Å². The zero-order valence-corrected chi connectivity index (χ0v) is 11.6. The van der Waals surface area contributed by atoms with Gasteiger partial charge in [-0.05, 0) is 18.2 Å². The lowest BCUT2D eigenvalue weighted by Gasteiger charge is -2.12. The van der Waals surface area contributed by atoms with Crippen molar-refractivity contribution < 1.29 is 18.7 Å². The van der Waals surface area contributed by atoms with Crippen molar-refractivity contribution in [2.45, 2.75) is 6.10 Å². The number of halogens is 2. The third kappa shape index (κ3) is 4.33. The number of ether oxygens (including phenoxy) is 2. The molecule has 1 rings (SSSR count). The van der Waals surface area contributed by atoms with Gasteiger partial charge in [0, 0.05) is 11.6 Å². The summed E-state index contributed by atoms with van der Waals surface area (Å²) in [6, 6.07) is 4.20. The second-order valence-electron chi connectivity index (χ2n) is 3.59. The number of hydrogen-bond acceptors (Lipinski definition) is 3. The molecule has 0 aliphatic carbocycles. The largest absolute Gasteiger partial charge is 0.382 e. The minimum absolute atomic E-state index is 0.00426. The molecular weight excluding hydrogens is 303 g/mol. The molecule has 0 amide bonds. The highest BCUT2D eigenvalue weighted by molar-refractivity contribution is 9.10. The average Bonchev–Trinajstić information content (AvgIpc) is 2.37. The molecule has 0 N–H and O–H groups in total. The molecule has 0 fully saturated rings. The van der Waals surface area contributed by atoms with Gasteiger partial charge in [0.1, 0.15) is 12.4 Å². The summed E-state index contributed by atoms with van der Waals surface area (Å²) in [6.45, 7) is 3.65. The third-order valence-corrected chi connectivity index (χ3v) is 2.74. The molecule has 0 unspecified atom stereocenters. The molecule has 0 aliphatic rings. The van der Waals surface area contributed by atoms with Crippen LogP contribution in [0.2, 0.25) is 0 Å². The highest BCUT2D eigenvalue weighted by Crippen LogP contribution is 2.16. The van der Waals surface area contributed by atoms with Gasteiger partial charge in [-0.25, -0.2) is 4.39 Å². The molecule has 0 radical (unpaired) electrons.